The Morgan fingerprint density at radius 2 is 1.88 bits per heavy atom. The van der Waals surface area contributed by atoms with Crippen molar-refractivity contribution >= 4 is 53.9 Å². The molecule has 4 amide bonds. The van der Waals surface area contributed by atoms with E-state index in [9.17, 15) is 28.0 Å². The SMILES string of the molecule is COC(=O)C1OC(=O)N(C(=O)NCCCN2CCC3(CC2)OC(=O)Nc2ccc(Cl)cc23)C1c1ccc(F)c(F)c1.Cl. The number of ether oxygens (including phenoxy) is 3. The zero-order chi connectivity index (χ0) is 29.3. The molecule has 0 aliphatic carbocycles. The Bertz CT molecular complexity index is 1390. The molecule has 2 N–H and O–H groups in total. The Labute approximate surface area is 250 Å². The maximum atomic E-state index is 13.9. The number of benzene rings is 2. The predicted octanol–water partition coefficient (Wildman–Crippen LogP) is 4.73. The first-order chi connectivity index (χ1) is 19.6. The number of carbonyl (C=O) groups excluding carboxylic acids is 4. The lowest BCUT2D eigenvalue weighted by Crippen LogP contribution is -2.49. The summed E-state index contributed by atoms with van der Waals surface area (Å²) >= 11 is 6.20. The standard InChI is InChI=1S/C27H27ClF2N4O7.ClH/c1-39-23(35)22-21(15-3-5-18(29)19(30)13-15)34(26(38)40-22)24(36)31-9-2-10-33-11-7-27(8-12-33)17-14-16(28)4-6-20(17)32-25(37)41-27;/h3-6,13-14,21-22H,2,7-12H2,1H3,(H,31,36)(H,32,37);1H. The minimum atomic E-state index is -1.55. The van der Waals surface area contributed by atoms with Crippen LogP contribution in [0.4, 0.5) is 28.9 Å². The number of urea groups is 1. The van der Waals surface area contributed by atoms with E-state index >= 15 is 0 Å². The van der Waals surface area contributed by atoms with Gasteiger partial charge in [-0.3, -0.25) is 5.32 Å². The highest BCUT2D eigenvalue weighted by Crippen LogP contribution is 2.44. The molecule has 2 saturated heterocycles. The number of cyclic esters (lactones) is 1. The van der Waals surface area contributed by atoms with Crippen LogP contribution in [-0.4, -0.2) is 73.4 Å². The van der Waals surface area contributed by atoms with Gasteiger partial charge >= 0.3 is 24.2 Å². The molecule has 0 saturated carbocycles. The lowest BCUT2D eigenvalue weighted by Gasteiger charge is -2.44. The highest BCUT2D eigenvalue weighted by molar-refractivity contribution is 6.30. The molecule has 11 nitrogen and oxygen atoms in total. The summed E-state index contributed by atoms with van der Waals surface area (Å²) in [4.78, 5) is 52.8. The predicted molar refractivity (Wildman–Crippen MR) is 147 cm³/mol. The number of methoxy groups -OCH3 is 1. The van der Waals surface area contributed by atoms with Gasteiger partial charge in [0.05, 0.1) is 12.8 Å². The van der Waals surface area contributed by atoms with Crippen LogP contribution in [0, 0.1) is 11.6 Å². The van der Waals surface area contributed by atoms with Crippen LogP contribution in [0.3, 0.4) is 0 Å². The van der Waals surface area contributed by atoms with Crippen molar-refractivity contribution in [2.75, 3.05) is 38.6 Å². The Morgan fingerprint density at radius 3 is 2.57 bits per heavy atom. The van der Waals surface area contributed by atoms with Crippen LogP contribution in [0.2, 0.25) is 5.02 Å². The number of esters is 1. The molecular weight excluding hydrogens is 601 g/mol. The first-order valence-corrected chi connectivity index (χ1v) is 13.3. The molecule has 15 heteroatoms. The maximum absolute atomic E-state index is 13.9. The van der Waals surface area contributed by atoms with Crippen LogP contribution in [0.1, 0.15) is 36.4 Å². The number of carbonyl (C=O) groups is 4. The average molecular weight is 629 g/mol. The number of imide groups is 1. The Hall–Kier alpha value is -3.68. The molecular formula is C27H28Cl2F2N4O7. The largest absolute Gasteiger partial charge is 0.466 e. The molecule has 1 spiro atoms. The second kappa shape index (κ2) is 12.7. The van der Waals surface area contributed by atoms with Crippen molar-refractivity contribution in [1.29, 1.82) is 0 Å². The normalized spacial score (nSPS) is 21.0. The summed E-state index contributed by atoms with van der Waals surface area (Å²) in [6, 6.07) is 5.86. The zero-order valence-corrected chi connectivity index (χ0v) is 23.9. The van der Waals surface area contributed by atoms with Crippen molar-refractivity contribution in [3.63, 3.8) is 0 Å². The number of fused-ring (bicyclic) bond motifs is 2. The van der Waals surface area contributed by atoms with Gasteiger partial charge in [-0.2, -0.15) is 0 Å². The summed E-state index contributed by atoms with van der Waals surface area (Å²) in [7, 11) is 1.08. The maximum Gasteiger partial charge on any atom is 0.419 e. The monoisotopic (exact) mass is 628 g/mol. The molecule has 0 aromatic heterocycles. The fourth-order valence-electron chi connectivity index (χ4n) is 5.46. The van der Waals surface area contributed by atoms with Crippen LogP contribution < -0.4 is 10.6 Å². The van der Waals surface area contributed by atoms with E-state index in [1.165, 1.54) is 0 Å². The Balaban J connectivity index is 0.00000405. The van der Waals surface area contributed by atoms with Crippen LogP contribution in [-0.2, 0) is 24.6 Å². The van der Waals surface area contributed by atoms with Crippen molar-refractivity contribution in [2.24, 2.45) is 0 Å². The number of nitrogens with zero attached hydrogens (tertiary/aromatic N) is 2. The summed E-state index contributed by atoms with van der Waals surface area (Å²) in [5, 5.41) is 5.88. The first kappa shape index (κ1) is 31.3. The van der Waals surface area contributed by atoms with Crippen molar-refractivity contribution in [2.45, 2.75) is 37.0 Å². The summed E-state index contributed by atoms with van der Waals surface area (Å²) in [5.74, 6) is -3.28. The van der Waals surface area contributed by atoms with Crippen LogP contribution in [0.5, 0.6) is 0 Å². The molecule has 2 unspecified atom stereocenters. The van der Waals surface area contributed by atoms with Crippen LogP contribution in [0.25, 0.3) is 0 Å². The topological polar surface area (TPSA) is 127 Å². The first-order valence-electron chi connectivity index (χ1n) is 12.9. The average Bonchev–Trinajstić information content (AvgIpc) is 3.30. The third kappa shape index (κ3) is 6.08. The number of piperidine rings is 1. The van der Waals surface area contributed by atoms with E-state index in [1.54, 1.807) is 12.1 Å². The second-order valence-electron chi connectivity index (χ2n) is 9.94. The van der Waals surface area contributed by atoms with E-state index in [1.807, 2.05) is 6.07 Å². The van der Waals surface area contributed by atoms with E-state index in [-0.39, 0.29) is 24.5 Å². The van der Waals surface area contributed by atoms with Gasteiger partial charge in [-0.25, -0.2) is 32.9 Å². The van der Waals surface area contributed by atoms with Gasteiger partial charge in [0.1, 0.15) is 11.6 Å². The third-order valence-electron chi connectivity index (χ3n) is 7.52. The molecule has 5 rings (SSSR count). The van der Waals surface area contributed by atoms with Gasteiger partial charge < -0.3 is 24.4 Å². The quantitative estimate of drug-likeness (QED) is 0.267. The molecule has 3 heterocycles. The van der Waals surface area contributed by atoms with Crippen molar-refractivity contribution in [3.05, 3.63) is 64.2 Å². The van der Waals surface area contributed by atoms with Gasteiger partial charge in [0.15, 0.2) is 11.6 Å². The Kier molecular flexibility index (Phi) is 9.43. The summed E-state index contributed by atoms with van der Waals surface area (Å²) in [6.45, 7) is 2.04. The van der Waals surface area contributed by atoms with Crippen molar-refractivity contribution in [1.82, 2.24) is 15.1 Å². The number of hydrogen-bond acceptors (Lipinski definition) is 8. The molecule has 2 aromatic rings. The van der Waals surface area contributed by atoms with E-state index in [2.05, 4.69) is 20.3 Å². The molecule has 3 aliphatic heterocycles. The minimum absolute atomic E-state index is 0. The van der Waals surface area contributed by atoms with E-state index in [0.717, 1.165) is 30.9 Å². The number of amides is 4. The van der Waals surface area contributed by atoms with E-state index in [0.29, 0.717) is 54.5 Å². The lowest BCUT2D eigenvalue weighted by atomic mass is 9.82. The van der Waals surface area contributed by atoms with Gasteiger partial charge in [-0.1, -0.05) is 17.7 Å². The van der Waals surface area contributed by atoms with E-state index < -0.39 is 53.6 Å². The second-order valence-corrected chi connectivity index (χ2v) is 10.4. The number of anilines is 1. The zero-order valence-electron chi connectivity index (χ0n) is 22.4. The minimum Gasteiger partial charge on any atom is -0.466 e. The molecule has 2 atom stereocenters. The molecule has 0 bridgehead atoms. The molecule has 2 fully saturated rings. The summed E-state index contributed by atoms with van der Waals surface area (Å²) in [6.07, 6.45) is -1.54. The molecule has 0 radical (unpaired) electrons. The van der Waals surface area contributed by atoms with Crippen LogP contribution in [0.15, 0.2) is 36.4 Å². The van der Waals surface area contributed by atoms with Crippen molar-refractivity contribution in [3.8, 4) is 0 Å². The highest BCUT2D eigenvalue weighted by atomic mass is 35.5. The number of nitrogens with one attached hydrogen (secondary N) is 2. The fraction of sp³-hybridized carbons (Fsp3) is 0.407. The smallest absolute Gasteiger partial charge is 0.419 e. The van der Waals surface area contributed by atoms with Gasteiger partial charge in [0, 0.05) is 43.1 Å². The van der Waals surface area contributed by atoms with E-state index in [4.69, 9.17) is 21.1 Å². The van der Waals surface area contributed by atoms with Crippen LogP contribution >= 0.6 is 24.0 Å². The van der Waals surface area contributed by atoms with Gasteiger partial charge in [-0.05, 0) is 48.9 Å². The third-order valence-corrected chi connectivity index (χ3v) is 7.75. The number of likely N-dealkylation sites (tertiary alicyclic amines) is 1. The molecule has 42 heavy (non-hydrogen) atoms. The fourth-order valence-corrected chi connectivity index (χ4v) is 5.64. The Morgan fingerprint density at radius 1 is 1.14 bits per heavy atom. The number of rotatable bonds is 6. The van der Waals surface area contributed by atoms with Gasteiger partial charge in [-0.15, -0.1) is 12.4 Å². The number of halogens is 4. The molecule has 2 aromatic carbocycles. The highest BCUT2D eigenvalue weighted by Gasteiger charge is 2.51. The van der Waals surface area contributed by atoms with Gasteiger partial charge in [0.2, 0.25) is 6.10 Å². The molecule has 3 aliphatic rings. The lowest BCUT2D eigenvalue weighted by molar-refractivity contribution is -0.150. The van der Waals surface area contributed by atoms with Gasteiger partial charge in [0.25, 0.3) is 0 Å². The molecule has 226 valence electrons. The number of hydrogen-bond donors (Lipinski definition) is 2. The summed E-state index contributed by atoms with van der Waals surface area (Å²) in [5.41, 5.74) is 0.742. The van der Waals surface area contributed by atoms with Crippen molar-refractivity contribution < 1.29 is 42.2 Å². The summed E-state index contributed by atoms with van der Waals surface area (Å²) < 4.78 is 42.9.